The lowest BCUT2D eigenvalue weighted by molar-refractivity contribution is 0.196. The third-order valence-corrected chi connectivity index (χ3v) is 4.58. The zero-order valence-corrected chi connectivity index (χ0v) is 15.2. The van der Waals surface area contributed by atoms with Gasteiger partial charge in [0, 0.05) is 16.1 Å². The molecule has 0 spiro atoms. The van der Waals surface area contributed by atoms with Crippen LogP contribution in [0.4, 0.5) is 0 Å². The minimum Gasteiger partial charge on any atom is -0.493 e. The van der Waals surface area contributed by atoms with Gasteiger partial charge in [-0.3, -0.25) is 0 Å². The van der Waals surface area contributed by atoms with Gasteiger partial charge in [-0.05, 0) is 29.5 Å². The maximum atomic E-state index is 11.2. The first kappa shape index (κ1) is 18.3. The molecule has 0 unspecified atom stereocenters. The van der Waals surface area contributed by atoms with E-state index in [1.165, 1.54) is 0 Å². The molecule has 0 amide bonds. The second kappa shape index (κ2) is 6.17. The highest BCUT2D eigenvalue weighted by molar-refractivity contribution is 8.13. The molecule has 1 aromatic rings. The van der Waals surface area contributed by atoms with Crippen molar-refractivity contribution >= 4 is 19.7 Å². The smallest absolute Gasteiger partial charge is 0.233 e. The Labute approximate surface area is 133 Å². The Morgan fingerprint density at radius 1 is 1.14 bits per heavy atom. The Hall–Kier alpha value is -0.740. The average molecular weight is 333 g/mol. The molecule has 0 bridgehead atoms. The van der Waals surface area contributed by atoms with E-state index < -0.39 is 14.5 Å². The maximum absolute atomic E-state index is 11.2. The number of hydrogen-bond donors (Lipinski definition) is 0. The van der Waals surface area contributed by atoms with Crippen LogP contribution in [-0.4, -0.2) is 20.8 Å². The van der Waals surface area contributed by atoms with E-state index in [4.69, 9.17) is 15.4 Å². The Bertz CT molecular complexity index is 598. The van der Waals surface area contributed by atoms with Gasteiger partial charge < -0.3 is 4.74 Å². The van der Waals surface area contributed by atoms with Crippen LogP contribution >= 0.6 is 10.7 Å². The molecular formula is C16H25ClO3S. The van der Waals surface area contributed by atoms with Gasteiger partial charge >= 0.3 is 0 Å². The topological polar surface area (TPSA) is 43.4 Å². The molecule has 1 rings (SSSR count). The first-order valence-corrected chi connectivity index (χ1v) is 9.44. The molecule has 0 N–H and O–H groups in total. The fourth-order valence-corrected chi connectivity index (χ4v) is 4.05. The normalized spacial score (nSPS) is 13.3. The Morgan fingerprint density at radius 3 is 2.19 bits per heavy atom. The van der Waals surface area contributed by atoms with Crippen molar-refractivity contribution < 1.29 is 13.2 Å². The van der Waals surface area contributed by atoms with Crippen molar-refractivity contribution in [3.05, 3.63) is 29.3 Å². The van der Waals surface area contributed by atoms with Gasteiger partial charge in [0.2, 0.25) is 9.05 Å². The van der Waals surface area contributed by atoms with Gasteiger partial charge in [-0.25, -0.2) is 8.42 Å². The minimum atomic E-state index is -3.54. The first-order chi connectivity index (χ1) is 9.30. The molecule has 0 aliphatic carbocycles. The van der Waals surface area contributed by atoms with Gasteiger partial charge in [-0.1, -0.05) is 46.8 Å². The zero-order valence-electron chi connectivity index (χ0n) is 13.7. The van der Waals surface area contributed by atoms with Crippen LogP contribution in [0.25, 0.3) is 0 Å². The summed E-state index contributed by atoms with van der Waals surface area (Å²) in [5.74, 6) is 0.695. The van der Waals surface area contributed by atoms with Crippen molar-refractivity contribution in [2.24, 2.45) is 5.41 Å². The van der Waals surface area contributed by atoms with Crippen LogP contribution in [0.2, 0.25) is 0 Å². The largest absolute Gasteiger partial charge is 0.493 e. The molecule has 0 aromatic heterocycles. The monoisotopic (exact) mass is 332 g/mol. The molecule has 3 nitrogen and oxygen atoms in total. The molecule has 0 radical (unpaired) electrons. The van der Waals surface area contributed by atoms with Gasteiger partial charge in [0.15, 0.2) is 0 Å². The predicted molar refractivity (Wildman–Crippen MR) is 88.8 cm³/mol. The standard InChI is InChI=1S/C16H25ClO3S/c1-12-7-8-13(15(2,3)4)14(9-12)20-10-16(5,6)11-21(17,18)19/h7-9H,10-11H2,1-6H3. The minimum absolute atomic E-state index is 0.0360. The Morgan fingerprint density at radius 2 is 1.71 bits per heavy atom. The Kier molecular flexibility index (Phi) is 5.38. The summed E-state index contributed by atoms with van der Waals surface area (Å²) in [6.07, 6.45) is 0. The van der Waals surface area contributed by atoms with Crippen LogP contribution in [0.3, 0.4) is 0 Å². The van der Waals surface area contributed by atoms with Crippen molar-refractivity contribution in [2.75, 3.05) is 12.4 Å². The van der Waals surface area contributed by atoms with E-state index in [2.05, 4.69) is 32.9 Å². The van der Waals surface area contributed by atoms with E-state index in [9.17, 15) is 8.42 Å². The second-order valence-electron chi connectivity index (χ2n) is 7.39. The molecule has 5 heteroatoms. The lowest BCUT2D eigenvalue weighted by Gasteiger charge is -2.27. The summed E-state index contributed by atoms with van der Waals surface area (Å²) in [5.41, 5.74) is 1.64. The summed E-state index contributed by atoms with van der Waals surface area (Å²) in [7, 11) is 1.80. The van der Waals surface area contributed by atoms with Crippen LogP contribution in [0, 0.1) is 12.3 Å². The van der Waals surface area contributed by atoms with E-state index in [0.717, 1.165) is 16.9 Å². The van der Waals surface area contributed by atoms with Crippen molar-refractivity contribution in [3.63, 3.8) is 0 Å². The summed E-state index contributed by atoms with van der Waals surface area (Å²) in [4.78, 5) is 0. The molecule has 120 valence electrons. The maximum Gasteiger partial charge on any atom is 0.233 e. The van der Waals surface area contributed by atoms with Gasteiger partial charge in [0.25, 0.3) is 0 Å². The lowest BCUT2D eigenvalue weighted by atomic mass is 9.86. The fourth-order valence-electron chi connectivity index (χ4n) is 2.15. The van der Waals surface area contributed by atoms with Crippen LogP contribution in [0.1, 0.15) is 45.7 Å². The van der Waals surface area contributed by atoms with E-state index >= 15 is 0 Å². The summed E-state index contributed by atoms with van der Waals surface area (Å²) >= 11 is 0. The molecule has 0 aliphatic heterocycles. The number of aryl methyl sites for hydroxylation is 1. The highest BCUT2D eigenvalue weighted by Crippen LogP contribution is 2.33. The van der Waals surface area contributed by atoms with Crippen LogP contribution in [0.5, 0.6) is 5.75 Å². The highest BCUT2D eigenvalue weighted by Gasteiger charge is 2.27. The predicted octanol–water partition coefficient (Wildman–Crippen LogP) is 4.27. The van der Waals surface area contributed by atoms with Gasteiger partial charge in [-0.2, -0.15) is 0 Å². The fraction of sp³-hybridized carbons (Fsp3) is 0.625. The van der Waals surface area contributed by atoms with E-state index in [1.54, 1.807) is 0 Å². The van der Waals surface area contributed by atoms with E-state index in [1.807, 2.05) is 26.8 Å². The third-order valence-electron chi connectivity index (χ3n) is 3.13. The van der Waals surface area contributed by atoms with E-state index in [-0.39, 0.29) is 11.2 Å². The highest BCUT2D eigenvalue weighted by atomic mass is 35.7. The molecule has 0 saturated carbocycles. The molecular weight excluding hydrogens is 308 g/mol. The third kappa shape index (κ3) is 6.27. The van der Waals surface area contributed by atoms with Crippen LogP contribution in [-0.2, 0) is 14.5 Å². The SMILES string of the molecule is Cc1ccc(C(C)(C)C)c(OCC(C)(C)CS(=O)(=O)Cl)c1. The molecule has 0 fully saturated rings. The zero-order chi connectivity index (χ0) is 16.5. The second-order valence-corrected chi connectivity index (χ2v) is 10.2. The molecule has 0 atom stereocenters. The van der Waals surface area contributed by atoms with Gasteiger partial charge in [0.05, 0.1) is 12.4 Å². The number of hydrogen-bond acceptors (Lipinski definition) is 3. The number of rotatable bonds is 5. The molecule has 1 aromatic carbocycles. The summed E-state index contributed by atoms with van der Waals surface area (Å²) in [6.45, 7) is 12.3. The molecule has 0 heterocycles. The number of halogens is 1. The lowest BCUT2D eigenvalue weighted by Crippen LogP contribution is -2.29. The van der Waals surface area contributed by atoms with Gasteiger partial charge in [-0.15, -0.1) is 0 Å². The quantitative estimate of drug-likeness (QED) is 0.756. The Balaban J connectivity index is 2.96. The average Bonchev–Trinajstić information content (AvgIpc) is 2.21. The van der Waals surface area contributed by atoms with Crippen molar-refractivity contribution in [2.45, 2.75) is 47.0 Å². The summed E-state index contributed by atoms with van der Waals surface area (Å²) in [5, 5.41) is 0. The van der Waals surface area contributed by atoms with Crippen molar-refractivity contribution in [1.82, 2.24) is 0 Å². The molecule has 0 saturated heterocycles. The van der Waals surface area contributed by atoms with Gasteiger partial charge in [0.1, 0.15) is 5.75 Å². The summed E-state index contributed by atoms with van der Waals surface area (Å²) < 4.78 is 28.4. The van der Waals surface area contributed by atoms with Crippen molar-refractivity contribution in [3.8, 4) is 5.75 Å². The first-order valence-electron chi connectivity index (χ1n) is 6.96. The van der Waals surface area contributed by atoms with Crippen LogP contribution in [0.15, 0.2) is 18.2 Å². The molecule has 21 heavy (non-hydrogen) atoms. The number of benzene rings is 1. The van der Waals surface area contributed by atoms with E-state index in [0.29, 0.717) is 6.61 Å². The summed E-state index contributed by atoms with van der Waals surface area (Å²) in [6, 6.07) is 6.11. The number of ether oxygens (including phenoxy) is 1. The molecule has 0 aliphatic rings. The van der Waals surface area contributed by atoms with Crippen molar-refractivity contribution in [1.29, 1.82) is 0 Å². The van der Waals surface area contributed by atoms with Crippen LogP contribution < -0.4 is 4.74 Å².